The van der Waals surface area contributed by atoms with E-state index in [4.69, 9.17) is 21.3 Å². The Morgan fingerprint density at radius 2 is 1.58 bits per heavy atom. The first-order valence-electron chi connectivity index (χ1n) is 24.3. The summed E-state index contributed by atoms with van der Waals surface area (Å²) in [6, 6.07) is 20.0. The standard InChI is InChI=1S/C54H60ClN9O6S2/c1-28-31(4)72-53-46(28)47(35-15-17-37(55)18-16-35)59-42(50-62-61-32(5)64(50)53)25-45(67)58-38-22-41(23-38)70-40-19-9-33(10-20-40)21-44(66)60-49(54(6,7)8)52(69)63-26-39(65)24-43(63)51(68)57-29(2)34-11-13-36(14-12-34)48-30(3)56-27-71-48/h9-20,27,29,38-39,41-43,49,65H,21-26H2,1-8H3,(H,57,68)(H,58,67)(H,60,66)/t29-,38?,39+,41?,42?,43-,49+/m0/s1. The van der Waals surface area contributed by atoms with Crippen molar-refractivity contribution in [1.82, 2.24) is 40.6 Å². The van der Waals surface area contributed by atoms with Gasteiger partial charge in [-0.3, -0.25) is 28.7 Å². The lowest BCUT2D eigenvalue weighted by atomic mass is 9.85. The number of hydrogen-bond acceptors (Lipinski definition) is 12. The number of rotatable bonds is 14. The lowest BCUT2D eigenvalue weighted by Crippen LogP contribution is -2.58. The van der Waals surface area contributed by atoms with Crippen LogP contribution in [0.2, 0.25) is 5.02 Å². The molecule has 376 valence electrons. The molecule has 18 heteroatoms. The molecule has 3 aliphatic rings. The topological polar surface area (TPSA) is 193 Å². The molecule has 0 bridgehead atoms. The third-order valence-electron chi connectivity index (χ3n) is 13.8. The zero-order valence-electron chi connectivity index (χ0n) is 41.7. The van der Waals surface area contributed by atoms with Crippen LogP contribution in [0.15, 0.2) is 83.3 Å². The van der Waals surface area contributed by atoms with E-state index in [0.29, 0.717) is 29.4 Å². The van der Waals surface area contributed by atoms with E-state index in [9.17, 15) is 24.3 Å². The highest BCUT2D eigenvalue weighted by atomic mass is 35.5. The maximum Gasteiger partial charge on any atom is 0.246 e. The predicted octanol–water partition coefficient (Wildman–Crippen LogP) is 8.26. The number of hydrogen-bond donors (Lipinski definition) is 4. The fourth-order valence-corrected chi connectivity index (χ4v) is 11.8. The Hall–Kier alpha value is -6.27. The van der Waals surface area contributed by atoms with Crippen LogP contribution in [0.1, 0.15) is 115 Å². The molecule has 15 nitrogen and oxygen atoms in total. The Bertz CT molecular complexity index is 3030. The van der Waals surface area contributed by atoms with E-state index in [-0.39, 0.29) is 61.7 Å². The Labute approximate surface area is 432 Å². The summed E-state index contributed by atoms with van der Waals surface area (Å²) in [5.41, 5.74) is 8.58. The highest BCUT2D eigenvalue weighted by molar-refractivity contribution is 7.15. The molecule has 3 aromatic heterocycles. The van der Waals surface area contributed by atoms with E-state index < -0.39 is 35.6 Å². The van der Waals surface area contributed by atoms with E-state index in [0.717, 1.165) is 60.5 Å². The number of nitrogens with zero attached hydrogens (tertiary/aromatic N) is 6. The molecule has 5 heterocycles. The van der Waals surface area contributed by atoms with Crippen molar-refractivity contribution in [2.24, 2.45) is 10.4 Å². The van der Waals surface area contributed by atoms with Gasteiger partial charge in [0.15, 0.2) is 5.82 Å². The smallest absolute Gasteiger partial charge is 0.246 e. The number of β-amino-alcohol motifs (C(OH)–C–C–N with tert-alkyl or cyclic N) is 1. The summed E-state index contributed by atoms with van der Waals surface area (Å²) in [5.74, 6) is 0.706. The molecule has 9 rings (SSSR count). The Balaban J connectivity index is 0.768. The van der Waals surface area contributed by atoms with Gasteiger partial charge >= 0.3 is 0 Å². The fourth-order valence-electron chi connectivity index (χ4n) is 9.67. The number of amides is 4. The van der Waals surface area contributed by atoms with E-state index in [1.54, 1.807) is 22.7 Å². The molecule has 0 spiro atoms. The van der Waals surface area contributed by atoms with Crippen LogP contribution < -0.4 is 20.7 Å². The van der Waals surface area contributed by atoms with Crippen LogP contribution in [-0.2, 0) is 25.6 Å². The summed E-state index contributed by atoms with van der Waals surface area (Å²) in [4.78, 5) is 68.5. The molecule has 6 aromatic rings. The van der Waals surface area contributed by atoms with Crippen molar-refractivity contribution in [2.75, 3.05) is 6.54 Å². The number of likely N-dealkylation sites (tertiary alicyclic amines) is 1. The monoisotopic (exact) mass is 1030 g/mol. The maximum absolute atomic E-state index is 14.3. The SMILES string of the molecule is Cc1ncsc1-c1ccc([C@H](C)NC(=O)[C@@H]2C[C@@H](O)CN2C(=O)[C@@H](NC(=O)Cc2ccc(OC3CC(NC(=O)CC4N=C(c5ccc(Cl)cc5)c5c(sc(C)c5C)-n5c(C)nnc54)C3)cc2)C(C)(C)C)cc1. The number of nitrogens with one attached hydrogen (secondary N) is 3. The van der Waals surface area contributed by atoms with Crippen molar-refractivity contribution >= 4 is 63.6 Å². The van der Waals surface area contributed by atoms with Crippen LogP contribution >= 0.6 is 34.3 Å². The van der Waals surface area contributed by atoms with Gasteiger partial charge in [0, 0.05) is 52.9 Å². The number of aryl methyl sites for hydroxylation is 3. The van der Waals surface area contributed by atoms with Crippen molar-refractivity contribution in [2.45, 2.75) is 130 Å². The number of carbonyl (C=O) groups is 4. The maximum atomic E-state index is 14.3. The fraction of sp³-hybridized carbons (Fsp3) is 0.407. The second-order valence-electron chi connectivity index (χ2n) is 20.3. The van der Waals surface area contributed by atoms with Crippen molar-refractivity contribution in [1.29, 1.82) is 0 Å². The van der Waals surface area contributed by atoms with Crippen LogP contribution in [0.4, 0.5) is 0 Å². The summed E-state index contributed by atoms with van der Waals surface area (Å²) in [6.07, 6.45) is 0.466. The third-order valence-corrected chi connectivity index (χ3v) is 16.3. The molecule has 5 atom stereocenters. The molecule has 1 saturated heterocycles. The zero-order valence-corrected chi connectivity index (χ0v) is 44.0. The van der Waals surface area contributed by atoms with Gasteiger partial charge in [0.2, 0.25) is 23.6 Å². The van der Waals surface area contributed by atoms with Gasteiger partial charge in [-0.05, 0) is 86.6 Å². The van der Waals surface area contributed by atoms with Gasteiger partial charge in [0.25, 0.3) is 0 Å². The zero-order chi connectivity index (χ0) is 51.2. The highest BCUT2D eigenvalue weighted by Gasteiger charge is 2.45. The van der Waals surface area contributed by atoms with Gasteiger partial charge in [0.05, 0.1) is 46.8 Å². The van der Waals surface area contributed by atoms with Crippen LogP contribution in [0.3, 0.4) is 0 Å². The molecule has 1 unspecified atom stereocenters. The van der Waals surface area contributed by atoms with Crippen molar-refractivity contribution < 1.29 is 29.0 Å². The molecule has 1 aliphatic carbocycles. The van der Waals surface area contributed by atoms with Crippen LogP contribution in [0.25, 0.3) is 15.4 Å². The molecule has 72 heavy (non-hydrogen) atoms. The second-order valence-corrected chi connectivity index (χ2v) is 22.8. The largest absolute Gasteiger partial charge is 0.490 e. The Morgan fingerprint density at radius 3 is 2.25 bits per heavy atom. The summed E-state index contributed by atoms with van der Waals surface area (Å²) < 4.78 is 8.29. The minimum absolute atomic E-state index is 0.0126. The van der Waals surface area contributed by atoms with Gasteiger partial charge in [-0.15, -0.1) is 32.9 Å². The van der Waals surface area contributed by atoms with E-state index >= 15 is 0 Å². The average molecular weight is 1030 g/mol. The van der Waals surface area contributed by atoms with E-state index in [2.05, 4.69) is 45.0 Å². The first-order chi connectivity index (χ1) is 34.3. The number of fused-ring (bicyclic) bond motifs is 3. The number of ether oxygens (including phenoxy) is 1. The quantitative estimate of drug-likeness (QED) is 0.0832. The number of thiazole rings is 1. The number of benzene rings is 3. The predicted molar refractivity (Wildman–Crippen MR) is 280 cm³/mol. The third kappa shape index (κ3) is 10.8. The van der Waals surface area contributed by atoms with Gasteiger partial charge < -0.3 is 30.7 Å². The lowest BCUT2D eigenvalue weighted by Gasteiger charge is -2.36. The summed E-state index contributed by atoms with van der Waals surface area (Å²) in [6.45, 7) is 15.5. The van der Waals surface area contributed by atoms with Gasteiger partial charge in [-0.25, -0.2) is 4.98 Å². The molecular formula is C54H60ClN9O6S2. The van der Waals surface area contributed by atoms with Crippen LogP contribution in [-0.4, -0.2) is 96.0 Å². The lowest BCUT2D eigenvalue weighted by molar-refractivity contribution is -0.144. The molecule has 2 aliphatic heterocycles. The number of aromatic nitrogens is 4. The molecule has 4 amide bonds. The first kappa shape index (κ1) is 50.7. The highest BCUT2D eigenvalue weighted by Crippen LogP contribution is 2.40. The number of halogens is 1. The van der Waals surface area contributed by atoms with E-state index in [1.807, 2.05) is 124 Å². The van der Waals surface area contributed by atoms with Crippen LogP contribution in [0, 0.1) is 33.1 Å². The van der Waals surface area contributed by atoms with Gasteiger partial charge in [0.1, 0.15) is 40.8 Å². The van der Waals surface area contributed by atoms with Crippen molar-refractivity contribution in [3.63, 3.8) is 0 Å². The van der Waals surface area contributed by atoms with Gasteiger partial charge in [-0.2, -0.15) is 0 Å². The molecular weight excluding hydrogens is 970 g/mol. The summed E-state index contributed by atoms with van der Waals surface area (Å²) >= 11 is 9.51. The number of thiophene rings is 1. The molecule has 2 fully saturated rings. The minimum atomic E-state index is -0.959. The molecule has 4 N–H and O–H groups in total. The molecule has 3 aromatic carbocycles. The number of aliphatic hydroxyl groups is 1. The molecule has 0 radical (unpaired) electrons. The number of carbonyl (C=O) groups excluding carboxylic acids is 4. The molecule has 1 saturated carbocycles. The van der Waals surface area contributed by atoms with Gasteiger partial charge in [-0.1, -0.05) is 80.9 Å². The Kier molecular flexibility index (Phi) is 14.6. The minimum Gasteiger partial charge on any atom is -0.490 e. The normalized spacial score (nSPS) is 20.3. The second kappa shape index (κ2) is 20.7. The number of aliphatic hydroxyl groups excluding tert-OH is 1. The first-order valence-corrected chi connectivity index (χ1v) is 26.4. The summed E-state index contributed by atoms with van der Waals surface area (Å²) in [5, 5.41) is 30.5. The van der Waals surface area contributed by atoms with Crippen molar-refractivity contribution in [3.8, 4) is 21.2 Å². The van der Waals surface area contributed by atoms with Crippen molar-refractivity contribution in [3.05, 3.63) is 133 Å². The van der Waals surface area contributed by atoms with Crippen LogP contribution in [0.5, 0.6) is 5.75 Å². The number of aliphatic imine (C=N–C) groups is 1. The Morgan fingerprint density at radius 1 is 0.889 bits per heavy atom. The van der Waals surface area contributed by atoms with E-state index in [1.165, 1.54) is 9.78 Å². The summed E-state index contributed by atoms with van der Waals surface area (Å²) in [7, 11) is 0. The average Bonchev–Trinajstić information content (AvgIpc) is 4.10.